The van der Waals surface area contributed by atoms with Gasteiger partial charge in [-0.25, -0.2) is 0 Å². The number of hydrogen-bond donors (Lipinski definition) is 2. The second-order valence-corrected chi connectivity index (χ2v) is 5.62. The number of nitrogens with two attached hydrogens (primary N) is 1. The molecule has 0 aliphatic carbocycles. The molecule has 6 heteroatoms. The lowest BCUT2D eigenvalue weighted by atomic mass is 10.0. The Labute approximate surface area is 145 Å². The van der Waals surface area contributed by atoms with E-state index in [1.54, 1.807) is 0 Å². The van der Waals surface area contributed by atoms with Crippen LogP contribution in [0.3, 0.4) is 0 Å². The third-order valence-corrected chi connectivity index (χ3v) is 3.96. The van der Waals surface area contributed by atoms with Crippen molar-refractivity contribution < 1.29 is 4.79 Å². The molecular weight excluding hydrogens is 321 g/mol. The molecule has 2 atom stereocenters. The first-order valence-corrected chi connectivity index (χ1v) is 7.48. The van der Waals surface area contributed by atoms with Gasteiger partial charge in [-0.3, -0.25) is 4.79 Å². The van der Waals surface area contributed by atoms with Crippen LogP contribution >= 0.6 is 24.8 Å². The normalized spacial score (nSPS) is 17.0. The summed E-state index contributed by atoms with van der Waals surface area (Å²) < 4.78 is 0. The van der Waals surface area contributed by atoms with Crippen LogP contribution < -0.4 is 11.1 Å². The summed E-state index contributed by atoms with van der Waals surface area (Å²) in [5.74, 6) is -0.0969. The molecule has 1 heterocycles. The van der Waals surface area contributed by atoms with Crippen molar-refractivity contribution in [2.45, 2.75) is 25.8 Å². The molecule has 2 rings (SSSR count). The minimum absolute atomic E-state index is 0. The molecule has 1 aliphatic heterocycles. The number of rotatable bonds is 6. The van der Waals surface area contributed by atoms with E-state index < -0.39 is 0 Å². The molecule has 1 amide bonds. The SMILES string of the molecule is CC(CN)C(=O)NC(CN1CCCC1)c1ccccc1.Cl.Cl. The number of nitrogens with one attached hydrogen (secondary N) is 1. The average Bonchev–Trinajstić information content (AvgIpc) is 2.99. The summed E-state index contributed by atoms with van der Waals surface area (Å²) >= 11 is 0. The molecule has 0 radical (unpaired) electrons. The summed E-state index contributed by atoms with van der Waals surface area (Å²) in [7, 11) is 0. The van der Waals surface area contributed by atoms with Crippen LogP contribution in [0.25, 0.3) is 0 Å². The molecule has 0 aromatic heterocycles. The minimum atomic E-state index is -0.139. The molecule has 2 unspecified atom stereocenters. The van der Waals surface area contributed by atoms with E-state index in [4.69, 9.17) is 5.73 Å². The first kappa shape index (κ1) is 21.2. The molecule has 0 spiro atoms. The average molecular weight is 348 g/mol. The van der Waals surface area contributed by atoms with Gasteiger partial charge in [-0.2, -0.15) is 0 Å². The van der Waals surface area contributed by atoms with Crippen LogP contribution in [0.2, 0.25) is 0 Å². The largest absolute Gasteiger partial charge is 0.348 e. The highest BCUT2D eigenvalue weighted by molar-refractivity contribution is 5.85. The number of likely N-dealkylation sites (tertiary alicyclic amines) is 1. The van der Waals surface area contributed by atoms with Crippen molar-refractivity contribution in [2.24, 2.45) is 11.7 Å². The lowest BCUT2D eigenvalue weighted by Gasteiger charge is -2.26. The Balaban J connectivity index is 0.00000220. The number of carbonyl (C=O) groups excluding carboxylic acids is 1. The standard InChI is InChI=1S/C16H25N3O.2ClH/c1-13(11-17)16(20)18-15(12-19-9-5-6-10-19)14-7-3-2-4-8-14;;/h2-4,7-8,13,15H,5-6,9-12,17H2,1H3,(H,18,20);2*1H. The third kappa shape index (κ3) is 6.13. The smallest absolute Gasteiger partial charge is 0.224 e. The Kier molecular flexibility index (Phi) is 10.4. The van der Waals surface area contributed by atoms with E-state index in [1.807, 2.05) is 25.1 Å². The number of benzene rings is 1. The fraction of sp³-hybridized carbons (Fsp3) is 0.562. The van der Waals surface area contributed by atoms with E-state index in [9.17, 15) is 4.79 Å². The fourth-order valence-electron chi connectivity index (χ4n) is 2.56. The van der Waals surface area contributed by atoms with Crippen LogP contribution in [-0.2, 0) is 4.79 Å². The molecule has 0 saturated carbocycles. The van der Waals surface area contributed by atoms with Gasteiger partial charge in [0.25, 0.3) is 0 Å². The van der Waals surface area contributed by atoms with Crippen LogP contribution in [0.5, 0.6) is 0 Å². The monoisotopic (exact) mass is 347 g/mol. The van der Waals surface area contributed by atoms with Gasteiger partial charge in [0.2, 0.25) is 5.91 Å². The van der Waals surface area contributed by atoms with Crippen LogP contribution in [0.4, 0.5) is 0 Å². The molecule has 1 aromatic carbocycles. The van der Waals surface area contributed by atoms with E-state index in [0.717, 1.165) is 25.2 Å². The lowest BCUT2D eigenvalue weighted by molar-refractivity contribution is -0.125. The van der Waals surface area contributed by atoms with Gasteiger partial charge < -0.3 is 16.0 Å². The van der Waals surface area contributed by atoms with Gasteiger partial charge in [0.15, 0.2) is 0 Å². The predicted octanol–water partition coefficient (Wildman–Crippen LogP) is 2.38. The molecule has 1 aliphatic rings. The maximum Gasteiger partial charge on any atom is 0.224 e. The van der Waals surface area contributed by atoms with E-state index in [-0.39, 0.29) is 42.7 Å². The summed E-state index contributed by atoms with van der Waals surface area (Å²) in [5.41, 5.74) is 6.74. The molecule has 1 aromatic rings. The summed E-state index contributed by atoms with van der Waals surface area (Å²) in [6.45, 7) is 5.40. The van der Waals surface area contributed by atoms with Crippen molar-refractivity contribution in [3.63, 3.8) is 0 Å². The Hall–Kier alpha value is -0.810. The number of nitrogens with zero attached hydrogens (tertiary/aromatic N) is 1. The quantitative estimate of drug-likeness (QED) is 0.830. The molecule has 4 nitrogen and oxygen atoms in total. The fourth-order valence-corrected chi connectivity index (χ4v) is 2.56. The molecule has 0 bridgehead atoms. The van der Waals surface area contributed by atoms with Gasteiger partial charge >= 0.3 is 0 Å². The zero-order chi connectivity index (χ0) is 14.4. The van der Waals surface area contributed by atoms with E-state index in [2.05, 4.69) is 22.3 Å². The Bertz CT molecular complexity index is 425. The highest BCUT2D eigenvalue weighted by Gasteiger charge is 2.22. The highest BCUT2D eigenvalue weighted by Crippen LogP contribution is 2.18. The van der Waals surface area contributed by atoms with Crippen molar-refractivity contribution in [2.75, 3.05) is 26.2 Å². The zero-order valence-electron chi connectivity index (χ0n) is 13.0. The van der Waals surface area contributed by atoms with Gasteiger partial charge in [-0.1, -0.05) is 37.3 Å². The minimum Gasteiger partial charge on any atom is -0.348 e. The van der Waals surface area contributed by atoms with Crippen LogP contribution in [-0.4, -0.2) is 37.0 Å². The van der Waals surface area contributed by atoms with Crippen LogP contribution in [0.1, 0.15) is 31.4 Å². The number of hydrogen-bond acceptors (Lipinski definition) is 3. The maximum absolute atomic E-state index is 12.1. The Morgan fingerprint density at radius 2 is 1.82 bits per heavy atom. The summed E-state index contributed by atoms with van der Waals surface area (Å²) in [6.07, 6.45) is 2.52. The Morgan fingerprint density at radius 1 is 1.23 bits per heavy atom. The maximum atomic E-state index is 12.1. The molecule has 22 heavy (non-hydrogen) atoms. The number of halogens is 2. The second-order valence-electron chi connectivity index (χ2n) is 5.62. The molecule has 3 N–H and O–H groups in total. The van der Waals surface area contributed by atoms with Crippen molar-refractivity contribution in [1.82, 2.24) is 10.2 Å². The Morgan fingerprint density at radius 3 is 2.36 bits per heavy atom. The second kappa shape index (κ2) is 10.8. The summed E-state index contributed by atoms with van der Waals surface area (Å²) in [4.78, 5) is 14.5. The van der Waals surface area contributed by atoms with Crippen molar-refractivity contribution in [3.8, 4) is 0 Å². The van der Waals surface area contributed by atoms with Gasteiger partial charge in [0.05, 0.1) is 6.04 Å². The number of amides is 1. The van der Waals surface area contributed by atoms with Gasteiger partial charge in [0.1, 0.15) is 0 Å². The van der Waals surface area contributed by atoms with Crippen molar-refractivity contribution in [3.05, 3.63) is 35.9 Å². The van der Waals surface area contributed by atoms with E-state index in [1.165, 1.54) is 12.8 Å². The van der Waals surface area contributed by atoms with Crippen molar-refractivity contribution >= 4 is 30.7 Å². The van der Waals surface area contributed by atoms with Crippen LogP contribution in [0.15, 0.2) is 30.3 Å². The van der Waals surface area contributed by atoms with Crippen LogP contribution in [0, 0.1) is 5.92 Å². The van der Waals surface area contributed by atoms with Crippen molar-refractivity contribution in [1.29, 1.82) is 0 Å². The van der Waals surface area contributed by atoms with Gasteiger partial charge in [-0.15, -0.1) is 24.8 Å². The highest BCUT2D eigenvalue weighted by atomic mass is 35.5. The van der Waals surface area contributed by atoms with Gasteiger partial charge in [0, 0.05) is 19.0 Å². The first-order chi connectivity index (χ1) is 9.70. The molecular formula is C16H27Cl2N3O. The molecule has 1 saturated heterocycles. The summed E-state index contributed by atoms with van der Waals surface area (Å²) in [5, 5.41) is 3.15. The van der Waals surface area contributed by atoms with E-state index >= 15 is 0 Å². The lowest BCUT2D eigenvalue weighted by Crippen LogP contribution is -2.40. The van der Waals surface area contributed by atoms with E-state index in [0.29, 0.717) is 6.54 Å². The van der Waals surface area contributed by atoms with Gasteiger partial charge in [-0.05, 0) is 31.5 Å². The zero-order valence-corrected chi connectivity index (χ0v) is 14.7. The number of carbonyl (C=O) groups is 1. The first-order valence-electron chi connectivity index (χ1n) is 7.48. The molecule has 126 valence electrons. The predicted molar refractivity (Wildman–Crippen MR) is 95.7 cm³/mol. The topological polar surface area (TPSA) is 58.4 Å². The molecule has 1 fully saturated rings. The summed E-state index contributed by atoms with van der Waals surface area (Å²) in [6, 6.07) is 10.2. The third-order valence-electron chi connectivity index (χ3n) is 3.96.